The molecule has 6 heteroatoms. The van der Waals surface area contributed by atoms with Crippen molar-refractivity contribution in [3.8, 4) is 0 Å². The predicted octanol–water partition coefficient (Wildman–Crippen LogP) is 5.12. The van der Waals surface area contributed by atoms with Gasteiger partial charge < -0.3 is 20.5 Å². The molecule has 2 aromatic carbocycles. The lowest BCUT2D eigenvalue weighted by Gasteiger charge is -2.21. The summed E-state index contributed by atoms with van der Waals surface area (Å²) in [7, 11) is 0. The second-order valence-electron chi connectivity index (χ2n) is 8.16. The summed E-state index contributed by atoms with van der Waals surface area (Å²) in [5.74, 6) is 0.876. The third kappa shape index (κ3) is 4.17. The van der Waals surface area contributed by atoms with Gasteiger partial charge in [-0.3, -0.25) is 0 Å². The number of pyridine rings is 1. The van der Waals surface area contributed by atoms with Crippen LogP contribution in [0.2, 0.25) is 0 Å². The van der Waals surface area contributed by atoms with E-state index in [0.717, 1.165) is 48.5 Å². The number of aromatic nitrogens is 2. The van der Waals surface area contributed by atoms with Crippen LogP contribution in [0, 0.1) is 0 Å². The lowest BCUT2D eigenvalue weighted by Crippen LogP contribution is -2.33. The summed E-state index contributed by atoms with van der Waals surface area (Å²) in [6, 6.07) is 22.1. The molecule has 32 heavy (non-hydrogen) atoms. The number of para-hydroxylation sites is 1. The minimum Gasteiger partial charge on any atom is -0.361 e. The Morgan fingerprint density at radius 3 is 2.62 bits per heavy atom. The zero-order chi connectivity index (χ0) is 21.8. The van der Waals surface area contributed by atoms with Crippen LogP contribution in [-0.2, 0) is 0 Å². The van der Waals surface area contributed by atoms with E-state index < -0.39 is 0 Å². The van der Waals surface area contributed by atoms with Crippen LogP contribution < -0.4 is 15.5 Å². The van der Waals surface area contributed by atoms with Crippen LogP contribution in [0.3, 0.4) is 0 Å². The first-order valence-electron chi connectivity index (χ1n) is 11.2. The third-order valence-corrected chi connectivity index (χ3v) is 6.11. The van der Waals surface area contributed by atoms with Gasteiger partial charge >= 0.3 is 6.03 Å². The van der Waals surface area contributed by atoms with Crippen molar-refractivity contribution in [3.05, 3.63) is 90.3 Å². The summed E-state index contributed by atoms with van der Waals surface area (Å²) < 4.78 is 0. The molecule has 1 unspecified atom stereocenters. The van der Waals surface area contributed by atoms with Gasteiger partial charge in [0.1, 0.15) is 0 Å². The van der Waals surface area contributed by atoms with E-state index in [4.69, 9.17) is 0 Å². The number of carbonyl (C=O) groups excluding carboxylic acids is 1. The Bertz CT molecular complexity index is 1200. The zero-order valence-corrected chi connectivity index (χ0v) is 17.9. The fourth-order valence-corrected chi connectivity index (χ4v) is 4.51. The highest BCUT2D eigenvalue weighted by atomic mass is 16.2. The molecule has 162 valence electrons. The number of urea groups is 1. The van der Waals surface area contributed by atoms with Crippen molar-refractivity contribution < 1.29 is 4.79 Å². The van der Waals surface area contributed by atoms with Crippen LogP contribution >= 0.6 is 0 Å². The number of H-pyrrole nitrogens is 1. The maximum atomic E-state index is 12.9. The molecular weight excluding hydrogens is 398 g/mol. The molecule has 1 aliphatic rings. The molecule has 6 nitrogen and oxygen atoms in total. The first-order valence-corrected chi connectivity index (χ1v) is 11.2. The van der Waals surface area contributed by atoms with Crippen LogP contribution in [-0.4, -0.2) is 35.6 Å². The summed E-state index contributed by atoms with van der Waals surface area (Å²) in [4.78, 5) is 23.0. The number of amides is 2. The topological polar surface area (TPSA) is 73.0 Å². The number of nitrogens with zero attached hydrogens (tertiary/aromatic N) is 2. The van der Waals surface area contributed by atoms with Crippen LogP contribution in [0.4, 0.5) is 16.3 Å². The first-order chi connectivity index (χ1) is 15.8. The molecule has 0 bridgehead atoms. The molecule has 2 amide bonds. The van der Waals surface area contributed by atoms with E-state index in [9.17, 15) is 4.79 Å². The van der Waals surface area contributed by atoms with Crippen molar-refractivity contribution in [2.24, 2.45) is 0 Å². The second kappa shape index (κ2) is 9.14. The normalized spacial score (nSPS) is 14.4. The Kier molecular flexibility index (Phi) is 5.75. The third-order valence-electron chi connectivity index (χ3n) is 6.11. The Balaban J connectivity index is 1.35. The Morgan fingerprint density at radius 2 is 1.78 bits per heavy atom. The van der Waals surface area contributed by atoms with E-state index >= 15 is 0 Å². The van der Waals surface area contributed by atoms with E-state index in [1.807, 2.05) is 42.5 Å². The molecule has 1 atom stereocenters. The molecule has 2 aromatic heterocycles. The number of nitrogens with one attached hydrogen (secondary N) is 3. The van der Waals surface area contributed by atoms with E-state index in [2.05, 4.69) is 56.0 Å². The summed E-state index contributed by atoms with van der Waals surface area (Å²) in [5, 5.41) is 7.28. The lowest BCUT2D eigenvalue weighted by atomic mass is 9.91. The monoisotopic (exact) mass is 425 g/mol. The Morgan fingerprint density at radius 1 is 1.00 bits per heavy atom. The molecule has 3 N–H and O–H groups in total. The number of carbonyl (C=O) groups is 1. The second-order valence-corrected chi connectivity index (χ2v) is 8.16. The first kappa shape index (κ1) is 20.1. The molecule has 0 radical (unpaired) electrons. The molecule has 3 heterocycles. The molecule has 0 aliphatic carbocycles. The van der Waals surface area contributed by atoms with Crippen LogP contribution in [0.5, 0.6) is 0 Å². The minimum atomic E-state index is -0.223. The standard InChI is InChI=1S/C26H27N5O/c32-26(30-24-13-8-14-27-25(24)31-15-6-7-16-31)29-17-21(19-9-2-1-3-10-19)22-18-28-23-12-5-4-11-20(22)23/h1-5,8-14,18,21,28H,6-7,15-17H2,(H2,29,30,32). The average Bonchev–Trinajstić information content (AvgIpc) is 3.51. The smallest absolute Gasteiger partial charge is 0.319 e. The van der Waals surface area contributed by atoms with Gasteiger partial charge in [0, 0.05) is 48.8 Å². The SMILES string of the molecule is O=C(NCC(c1ccccc1)c1c[nH]c2ccccc12)Nc1cccnc1N1CCCC1. The average molecular weight is 426 g/mol. The van der Waals surface area contributed by atoms with E-state index in [1.165, 1.54) is 10.9 Å². The van der Waals surface area contributed by atoms with Crippen molar-refractivity contribution in [1.29, 1.82) is 0 Å². The highest BCUT2D eigenvalue weighted by Crippen LogP contribution is 2.31. The van der Waals surface area contributed by atoms with Gasteiger partial charge in [-0.15, -0.1) is 0 Å². The molecule has 1 aliphatic heterocycles. The fourth-order valence-electron chi connectivity index (χ4n) is 4.51. The number of benzene rings is 2. The Labute approximate surface area is 187 Å². The molecule has 1 fully saturated rings. The van der Waals surface area contributed by atoms with Gasteiger partial charge in [-0.25, -0.2) is 9.78 Å². The summed E-state index contributed by atoms with van der Waals surface area (Å²) in [5.41, 5.74) is 4.18. The number of fused-ring (bicyclic) bond motifs is 1. The van der Waals surface area contributed by atoms with E-state index in [0.29, 0.717) is 6.54 Å². The van der Waals surface area contributed by atoms with Crippen molar-refractivity contribution in [2.75, 3.05) is 29.9 Å². The lowest BCUT2D eigenvalue weighted by molar-refractivity contribution is 0.252. The number of rotatable bonds is 6. The Hall–Kier alpha value is -3.80. The zero-order valence-electron chi connectivity index (χ0n) is 17.9. The van der Waals surface area contributed by atoms with Gasteiger partial charge in [-0.2, -0.15) is 0 Å². The molecular formula is C26H27N5O. The van der Waals surface area contributed by atoms with Crippen molar-refractivity contribution >= 4 is 28.4 Å². The van der Waals surface area contributed by atoms with E-state index in [-0.39, 0.29) is 11.9 Å². The number of hydrogen-bond acceptors (Lipinski definition) is 3. The molecule has 0 saturated carbocycles. The predicted molar refractivity (Wildman–Crippen MR) is 129 cm³/mol. The molecule has 0 spiro atoms. The van der Waals surface area contributed by atoms with Gasteiger partial charge in [0.2, 0.25) is 0 Å². The van der Waals surface area contributed by atoms with Crippen LogP contribution in [0.15, 0.2) is 79.1 Å². The van der Waals surface area contributed by atoms with Crippen LogP contribution in [0.1, 0.15) is 29.9 Å². The van der Waals surface area contributed by atoms with Gasteiger partial charge in [-0.05, 0) is 42.2 Å². The summed E-state index contributed by atoms with van der Waals surface area (Å²) >= 11 is 0. The largest absolute Gasteiger partial charge is 0.361 e. The highest BCUT2D eigenvalue weighted by Gasteiger charge is 2.21. The number of hydrogen-bond donors (Lipinski definition) is 3. The maximum Gasteiger partial charge on any atom is 0.319 e. The van der Waals surface area contributed by atoms with Crippen molar-refractivity contribution in [1.82, 2.24) is 15.3 Å². The van der Waals surface area contributed by atoms with Gasteiger partial charge in [-0.1, -0.05) is 48.5 Å². The minimum absolute atomic E-state index is 0.0325. The van der Waals surface area contributed by atoms with E-state index in [1.54, 1.807) is 6.20 Å². The summed E-state index contributed by atoms with van der Waals surface area (Å²) in [6.07, 6.45) is 6.14. The molecule has 1 saturated heterocycles. The molecule has 4 aromatic rings. The molecule has 5 rings (SSSR count). The number of aromatic amines is 1. The maximum absolute atomic E-state index is 12.9. The van der Waals surface area contributed by atoms with Crippen molar-refractivity contribution in [2.45, 2.75) is 18.8 Å². The van der Waals surface area contributed by atoms with Gasteiger partial charge in [0.25, 0.3) is 0 Å². The number of anilines is 2. The van der Waals surface area contributed by atoms with Gasteiger partial charge in [0.05, 0.1) is 5.69 Å². The quantitative estimate of drug-likeness (QED) is 0.402. The highest BCUT2D eigenvalue weighted by molar-refractivity contribution is 5.92. The van der Waals surface area contributed by atoms with Crippen molar-refractivity contribution in [3.63, 3.8) is 0 Å². The van der Waals surface area contributed by atoms with Crippen LogP contribution in [0.25, 0.3) is 10.9 Å². The van der Waals surface area contributed by atoms with Gasteiger partial charge in [0.15, 0.2) is 5.82 Å². The fraction of sp³-hybridized carbons (Fsp3) is 0.231. The summed E-state index contributed by atoms with van der Waals surface area (Å²) in [6.45, 7) is 2.44.